The van der Waals surface area contributed by atoms with E-state index in [0.29, 0.717) is 24.3 Å². The molecule has 0 atom stereocenters. The monoisotopic (exact) mass is 247 g/mol. The highest BCUT2D eigenvalue weighted by molar-refractivity contribution is 5.53. The maximum Gasteiger partial charge on any atom is 0.295 e. The first kappa shape index (κ1) is 12.2. The number of nitro benzene ring substituents is 1. The SMILES string of the molecule is Cc1ccc(-n2cc(CCN)nn2)c([N+](=O)[O-])c1. The smallest absolute Gasteiger partial charge is 0.295 e. The van der Waals surface area contributed by atoms with E-state index < -0.39 is 4.92 Å². The molecule has 0 aliphatic rings. The van der Waals surface area contributed by atoms with Gasteiger partial charge in [0.05, 0.1) is 16.8 Å². The molecule has 0 radical (unpaired) electrons. The number of aromatic nitrogens is 3. The summed E-state index contributed by atoms with van der Waals surface area (Å²) >= 11 is 0. The van der Waals surface area contributed by atoms with Gasteiger partial charge in [-0.15, -0.1) is 5.10 Å². The summed E-state index contributed by atoms with van der Waals surface area (Å²) in [5.74, 6) is 0. The Bertz CT molecular complexity index is 579. The first-order valence-corrected chi connectivity index (χ1v) is 5.48. The molecule has 94 valence electrons. The summed E-state index contributed by atoms with van der Waals surface area (Å²) in [6.07, 6.45) is 2.25. The van der Waals surface area contributed by atoms with Crippen molar-refractivity contribution < 1.29 is 4.92 Å². The highest BCUT2D eigenvalue weighted by atomic mass is 16.6. The van der Waals surface area contributed by atoms with Crippen LogP contribution in [0.1, 0.15) is 11.3 Å². The number of benzene rings is 1. The van der Waals surface area contributed by atoms with E-state index in [0.717, 1.165) is 5.56 Å². The van der Waals surface area contributed by atoms with Gasteiger partial charge in [0, 0.05) is 12.5 Å². The minimum Gasteiger partial charge on any atom is -0.330 e. The predicted octanol–water partition coefficient (Wildman–Crippen LogP) is 0.985. The lowest BCUT2D eigenvalue weighted by atomic mass is 10.2. The van der Waals surface area contributed by atoms with Gasteiger partial charge in [-0.05, 0) is 25.1 Å². The molecule has 7 nitrogen and oxygen atoms in total. The third-order valence-corrected chi connectivity index (χ3v) is 2.52. The van der Waals surface area contributed by atoms with Gasteiger partial charge in [-0.2, -0.15) is 0 Å². The lowest BCUT2D eigenvalue weighted by molar-refractivity contribution is -0.384. The third kappa shape index (κ3) is 2.35. The molecule has 0 unspecified atom stereocenters. The van der Waals surface area contributed by atoms with Crippen molar-refractivity contribution >= 4 is 5.69 Å². The number of hydrogen-bond acceptors (Lipinski definition) is 5. The molecule has 18 heavy (non-hydrogen) atoms. The van der Waals surface area contributed by atoms with Crippen LogP contribution in [0.25, 0.3) is 5.69 Å². The van der Waals surface area contributed by atoms with Crippen LogP contribution in [0.5, 0.6) is 0 Å². The van der Waals surface area contributed by atoms with Gasteiger partial charge in [-0.1, -0.05) is 11.3 Å². The first-order valence-electron chi connectivity index (χ1n) is 5.48. The van der Waals surface area contributed by atoms with Crippen LogP contribution in [-0.4, -0.2) is 26.5 Å². The van der Waals surface area contributed by atoms with Crippen LogP contribution >= 0.6 is 0 Å². The topological polar surface area (TPSA) is 99.9 Å². The van der Waals surface area contributed by atoms with Crippen molar-refractivity contribution in [3.05, 3.63) is 45.8 Å². The second kappa shape index (κ2) is 4.92. The van der Waals surface area contributed by atoms with E-state index in [-0.39, 0.29) is 5.69 Å². The molecule has 0 saturated carbocycles. The van der Waals surface area contributed by atoms with Gasteiger partial charge in [0.25, 0.3) is 5.69 Å². The second-order valence-electron chi connectivity index (χ2n) is 3.94. The number of aryl methyl sites for hydroxylation is 1. The van der Waals surface area contributed by atoms with E-state index >= 15 is 0 Å². The van der Waals surface area contributed by atoms with E-state index in [2.05, 4.69) is 10.3 Å². The fourth-order valence-corrected chi connectivity index (χ4v) is 1.65. The quantitative estimate of drug-likeness (QED) is 0.641. The lowest BCUT2D eigenvalue weighted by Gasteiger charge is -2.02. The Labute approximate surface area is 103 Å². The number of nitro groups is 1. The Morgan fingerprint density at radius 1 is 1.50 bits per heavy atom. The maximum atomic E-state index is 11.0. The summed E-state index contributed by atoms with van der Waals surface area (Å²) in [4.78, 5) is 10.6. The number of nitrogens with zero attached hydrogens (tertiary/aromatic N) is 4. The van der Waals surface area contributed by atoms with Crippen molar-refractivity contribution in [2.45, 2.75) is 13.3 Å². The standard InChI is InChI=1S/C11H13N5O2/c1-8-2-3-10(11(6-8)16(17)18)15-7-9(4-5-12)13-14-15/h2-3,6-7H,4-5,12H2,1H3. The molecule has 1 heterocycles. The van der Waals surface area contributed by atoms with Gasteiger partial charge in [0.1, 0.15) is 5.69 Å². The van der Waals surface area contributed by atoms with Gasteiger partial charge in [0.15, 0.2) is 0 Å². The van der Waals surface area contributed by atoms with Gasteiger partial charge < -0.3 is 5.73 Å². The Morgan fingerprint density at radius 3 is 2.94 bits per heavy atom. The van der Waals surface area contributed by atoms with Gasteiger partial charge in [0.2, 0.25) is 0 Å². The fourth-order valence-electron chi connectivity index (χ4n) is 1.65. The van der Waals surface area contributed by atoms with E-state index in [1.165, 1.54) is 10.7 Å². The Morgan fingerprint density at radius 2 is 2.28 bits per heavy atom. The summed E-state index contributed by atoms with van der Waals surface area (Å²) in [5.41, 5.74) is 7.38. The number of nitrogens with two attached hydrogens (primary N) is 1. The normalized spacial score (nSPS) is 10.6. The summed E-state index contributed by atoms with van der Waals surface area (Å²) in [7, 11) is 0. The zero-order valence-corrected chi connectivity index (χ0v) is 9.91. The average molecular weight is 247 g/mol. The molecule has 0 aliphatic heterocycles. The minimum absolute atomic E-state index is 0.0131. The van der Waals surface area contributed by atoms with Crippen molar-refractivity contribution in [3.8, 4) is 5.69 Å². The molecule has 0 aliphatic carbocycles. The first-order chi connectivity index (χ1) is 8.61. The molecule has 2 aromatic rings. The Hall–Kier alpha value is -2.28. The number of hydrogen-bond donors (Lipinski definition) is 1. The summed E-state index contributed by atoms with van der Waals surface area (Å²) < 4.78 is 1.41. The molecule has 1 aromatic heterocycles. The van der Waals surface area contributed by atoms with Crippen LogP contribution in [0.3, 0.4) is 0 Å². The van der Waals surface area contributed by atoms with Crippen LogP contribution in [-0.2, 0) is 6.42 Å². The molecular weight excluding hydrogens is 234 g/mol. The summed E-state index contributed by atoms with van der Waals surface area (Å²) in [6.45, 7) is 2.27. The van der Waals surface area contributed by atoms with Crippen LogP contribution in [0, 0.1) is 17.0 Å². The van der Waals surface area contributed by atoms with E-state index in [4.69, 9.17) is 5.73 Å². The molecule has 0 amide bonds. The van der Waals surface area contributed by atoms with Gasteiger partial charge in [-0.25, -0.2) is 4.68 Å². The van der Waals surface area contributed by atoms with Crippen LogP contribution in [0.4, 0.5) is 5.69 Å². The highest BCUT2D eigenvalue weighted by Crippen LogP contribution is 2.23. The summed E-state index contributed by atoms with van der Waals surface area (Å²) in [6, 6.07) is 4.97. The van der Waals surface area contributed by atoms with Crippen LogP contribution < -0.4 is 5.73 Å². The maximum absolute atomic E-state index is 11.0. The molecule has 0 saturated heterocycles. The predicted molar refractivity (Wildman–Crippen MR) is 65.5 cm³/mol. The molecule has 1 aromatic carbocycles. The average Bonchev–Trinajstić information content (AvgIpc) is 2.78. The zero-order valence-electron chi connectivity index (χ0n) is 9.91. The van der Waals surface area contributed by atoms with Gasteiger partial charge in [-0.3, -0.25) is 10.1 Å². The fraction of sp³-hybridized carbons (Fsp3) is 0.273. The molecule has 7 heteroatoms. The molecule has 0 fully saturated rings. The van der Waals surface area contributed by atoms with Crippen molar-refractivity contribution in [1.82, 2.24) is 15.0 Å². The van der Waals surface area contributed by atoms with Gasteiger partial charge >= 0.3 is 0 Å². The Kier molecular flexibility index (Phi) is 3.33. The largest absolute Gasteiger partial charge is 0.330 e. The highest BCUT2D eigenvalue weighted by Gasteiger charge is 2.16. The van der Waals surface area contributed by atoms with Crippen LogP contribution in [0.2, 0.25) is 0 Å². The third-order valence-electron chi connectivity index (χ3n) is 2.52. The summed E-state index contributed by atoms with van der Waals surface area (Å²) in [5, 5.41) is 18.8. The lowest BCUT2D eigenvalue weighted by Crippen LogP contribution is -2.03. The minimum atomic E-state index is -0.424. The van der Waals surface area contributed by atoms with Crippen molar-refractivity contribution in [1.29, 1.82) is 0 Å². The second-order valence-corrected chi connectivity index (χ2v) is 3.94. The molecular formula is C11H13N5O2. The van der Waals surface area contributed by atoms with Crippen molar-refractivity contribution in [3.63, 3.8) is 0 Å². The van der Waals surface area contributed by atoms with Crippen LogP contribution in [0.15, 0.2) is 24.4 Å². The molecule has 0 spiro atoms. The molecule has 2 N–H and O–H groups in total. The van der Waals surface area contributed by atoms with E-state index in [9.17, 15) is 10.1 Å². The van der Waals surface area contributed by atoms with E-state index in [1.807, 2.05) is 0 Å². The number of rotatable bonds is 4. The van der Waals surface area contributed by atoms with E-state index in [1.54, 1.807) is 25.3 Å². The Balaban J connectivity index is 2.45. The zero-order chi connectivity index (χ0) is 13.1. The van der Waals surface area contributed by atoms with Crippen molar-refractivity contribution in [2.24, 2.45) is 5.73 Å². The molecule has 0 bridgehead atoms. The van der Waals surface area contributed by atoms with Crippen molar-refractivity contribution in [2.75, 3.05) is 6.54 Å². The molecule has 2 rings (SSSR count).